The molecule has 0 saturated carbocycles. The number of nitrogens with zero attached hydrogens (tertiary/aromatic N) is 3. The van der Waals surface area contributed by atoms with E-state index in [0.29, 0.717) is 18.4 Å². The van der Waals surface area contributed by atoms with Gasteiger partial charge in [0.15, 0.2) is 6.23 Å². The van der Waals surface area contributed by atoms with Gasteiger partial charge >= 0.3 is 5.69 Å². The van der Waals surface area contributed by atoms with Gasteiger partial charge in [0.05, 0.1) is 12.7 Å². The first-order chi connectivity index (χ1) is 11.4. The van der Waals surface area contributed by atoms with Crippen LogP contribution in [0.15, 0.2) is 16.6 Å². The highest BCUT2D eigenvalue weighted by molar-refractivity contribution is 5.61. The average molecular weight is 336 g/mol. The Morgan fingerprint density at radius 3 is 2.83 bits per heavy atom. The number of hydrogen-bond acceptors (Lipinski definition) is 8. The molecule has 0 spiro atoms. The van der Waals surface area contributed by atoms with Crippen molar-refractivity contribution in [1.29, 1.82) is 5.26 Å². The van der Waals surface area contributed by atoms with Crippen molar-refractivity contribution in [3.63, 3.8) is 0 Å². The third-order valence-electron chi connectivity index (χ3n) is 3.84. The molecule has 0 aliphatic carbocycles. The molecular weight excluding hydrogens is 316 g/mol. The molecule has 9 nitrogen and oxygen atoms in total. The molecule has 9 heteroatoms. The number of allylic oxidation sites excluding steroid dienone is 1. The topological polar surface area (TPSA) is 155 Å². The molecule has 1 aromatic rings. The first-order valence-corrected chi connectivity index (χ1v) is 7.44. The lowest BCUT2D eigenvalue weighted by atomic mass is 10.1. The first-order valence-electron chi connectivity index (χ1n) is 7.44. The SMILES string of the molecule is CC(=Cc1cn([C@@H]2O[C@H](CO)[C@@H](O)[C@@H]2O)c(=O)nc1N)CCC#N. The van der Waals surface area contributed by atoms with Gasteiger partial charge in [-0.2, -0.15) is 10.2 Å². The fraction of sp³-hybridized carbons (Fsp3) is 0.533. The quantitative estimate of drug-likeness (QED) is 0.541. The molecule has 0 amide bonds. The highest BCUT2D eigenvalue weighted by Gasteiger charge is 2.43. The Balaban J connectivity index is 2.37. The van der Waals surface area contributed by atoms with Crippen molar-refractivity contribution in [2.45, 2.75) is 44.3 Å². The van der Waals surface area contributed by atoms with Crippen LogP contribution in [-0.2, 0) is 4.74 Å². The highest BCUT2D eigenvalue weighted by Crippen LogP contribution is 2.28. The van der Waals surface area contributed by atoms with Crippen LogP contribution in [0.1, 0.15) is 31.6 Å². The largest absolute Gasteiger partial charge is 0.394 e. The Kier molecular flexibility index (Phi) is 5.69. The second-order valence-corrected chi connectivity index (χ2v) is 5.65. The molecule has 24 heavy (non-hydrogen) atoms. The lowest BCUT2D eigenvalue weighted by Crippen LogP contribution is -2.36. The number of nitriles is 1. The van der Waals surface area contributed by atoms with E-state index in [1.54, 1.807) is 6.08 Å². The van der Waals surface area contributed by atoms with Crippen molar-refractivity contribution in [3.8, 4) is 6.07 Å². The second-order valence-electron chi connectivity index (χ2n) is 5.65. The third-order valence-corrected chi connectivity index (χ3v) is 3.84. The fourth-order valence-corrected chi connectivity index (χ4v) is 2.49. The first kappa shape index (κ1) is 18.1. The van der Waals surface area contributed by atoms with Crippen LogP contribution in [0, 0.1) is 11.3 Å². The maximum Gasteiger partial charge on any atom is 0.351 e. The molecule has 0 bridgehead atoms. The van der Waals surface area contributed by atoms with Gasteiger partial charge in [-0.15, -0.1) is 0 Å². The van der Waals surface area contributed by atoms with Crippen LogP contribution >= 0.6 is 0 Å². The van der Waals surface area contributed by atoms with E-state index in [2.05, 4.69) is 4.98 Å². The summed E-state index contributed by atoms with van der Waals surface area (Å²) in [5, 5.41) is 37.6. The van der Waals surface area contributed by atoms with Crippen LogP contribution in [0.3, 0.4) is 0 Å². The average Bonchev–Trinajstić information content (AvgIpc) is 2.83. The molecule has 0 unspecified atom stereocenters. The minimum Gasteiger partial charge on any atom is -0.394 e. The van der Waals surface area contributed by atoms with Gasteiger partial charge in [-0.1, -0.05) is 11.6 Å². The zero-order chi connectivity index (χ0) is 17.9. The number of ether oxygens (including phenoxy) is 1. The summed E-state index contributed by atoms with van der Waals surface area (Å²) in [4.78, 5) is 15.8. The Morgan fingerprint density at radius 2 is 2.25 bits per heavy atom. The number of aliphatic hydroxyl groups excluding tert-OH is 3. The minimum atomic E-state index is -1.39. The normalized spacial score (nSPS) is 27.2. The van der Waals surface area contributed by atoms with Crippen LogP contribution in [0.25, 0.3) is 6.08 Å². The second kappa shape index (κ2) is 7.55. The summed E-state index contributed by atoms with van der Waals surface area (Å²) in [6.07, 6.45) is -0.914. The van der Waals surface area contributed by atoms with E-state index in [9.17, 15) is 15.0 Å². The number of nitrogens with two attached hydrogens (primary N) is 1. The van der Waals surface area contributed by atoms with Crippen LogP contribution in [0.5, 0.6) is 0 Å². The molecule has 0 aromatic carbocycles. The van der Waals surface area contributed by atoms with Crippen molar-refractivity contribution in [2.24, 2.45) is 0 Å². The Labute approximate surface area is 138 Å². The minimum absolute atomic E-state index is 0.0132. The summed E-state index contributed by atoms with van der Waals surface area (Å²) in [5.41, 5.74) is 6.32. The molecule has 2 rings (SSSR count). The molecule has 1 fully saturated rings. The van der Waals surface area contributed by atoms with Crippen LogP contribution in [-0.4, -0.2) is 49.8 Å². The predicted octanol–water partition coefficient (Wildman–Crippen LogP) is -0.856. The lowest BCUT2D eigenvalue weighted by Gasteiger charge is -2.18. The molecule has 1 aliphatic rings. The van der Waals surface area contributed by atoms with E-state index in [1.807, 2.05) is 13.0 Å². The van der Waals surface area contributed by atoms with Crippen molar-refractivity contribution in [1.82, 2.24) is 9.55 Å². The van der Waals surface area contributed by atoms with Gasteiger partial charge < -0.3 is 25.8 Å². The number of hydrogen-bond donors (Lipinski definition) is 4. The van der Waals surface area contributed by atoms with E-state index in [4.69, 9.17) is 20.8 Å². The van der Waals surface area contributed by atoms with E-state index in [1.165, 1.54) is 6.20 Å². The Hall–Kier alpha value is -2.25. The number of anilines is 1. The number of nitrogen functional groups attached to an aromatic ring is 1. The predicted molar refractivity (Wildman–Crippen MR) is 84.4 cm³/mol. The molecule has 130 valence electrons. The van der Waals surface area contributed by atoms with Crippen LogP contribution in [0.4, 0.5) is 5.82 Å². The van der Waals surface area contributed by atoms with Crippen LogP contribution < -0.4 is 11.4 Å². The zero-order valence-electron chi connectivity index (χ0n) is 13.2. The molecule has 2 heterocycles. The zero-order valence-corrected chi connectivity index (χ0v) is 13.2. The number of aliphatic hydroxyl groups is 3. The molecule has 4 atom stereocenters. The third kappa shape index (κ3) is 3.63. The maximum atomic E-state index is 12.1. The molecule has 1 aliphatic heterocycles. The molecule has 1 aromatic heterocycles. The summed E-state index contributed by atoms with van der Waals surface area (Å²) in [6.45, 7) is 1.32. The monoisotopic (exact) mass is 336 g/mol. The summed E-state index contributed by atoms with van der Waals surface area (Å²) in [7, 11) is 0. The highest BCUT2D eigenvalue weighted by atomic mass is 16.6. The number of aromatic nitrogens is 2. The standard InChI is InChI=1S/C15H20N4O5/c1-8(3-2-4-16)5-9-6-19(15(23)18-13(9)17)14-12(22)11(21)10(7-20)24-14/h5-6,10-12,14,20-22H,2-3,7H2,1H3,(H2,17,18,23)/t10-,11-,12+,14-/m1/s1. The molecule has 5 N–H and O–H groups in total. The lowest BCUT2D eigenvalue weighted by molar-refractivity contribution is -0.0549. The van der Waals surface area contributed by atoms with E-state index >= 15 is 0 Å². The summed E-state index contributed by atoms with van der Waals surface area (Å²) < 4.78 is 6.37. The van der Waals surface area contributed by atoms with Gasteiger partial charge in [0, 0.05) is 18.2 Å². The van der Waals surface area contributed by atoms with Gasteiger partial charge in [0.1, 0.15) is 24.1 Å². The molecule has 1 saturated heterocycles. The van der Waals surface area contributed by atoms with Gasteiger partial charge in [-0.25, -0.2) is 4.79 Å². The Bertz CT molecular complexity index is 724. The van der Waals surface area contributed by atoms with Crippen molar-refractivity contribution in [2.75, 3.05) is 12.3 Å². The van der Waals surface area contributed by atoms with Crippen LogP contribution in [0.2, 0.25) is 0 Å². The van der Waals surface area contributed by atoms with Gasteiger partial charge in [0.2, 0.25) is 0 Å². The summed E-state index contributed by atoms with van der Waals surface area (Å²) in [5.74, 6) is 0.0132. The number of rotatable bonds is 5. The van der Waals surface area contributed by atoms with Crippen molar-refractivity contribution >= 4 is 11.9 Å². The Morgan fingerprint density at radius 1 is 1.54 bits per heavy atom. The van der Waals surface area contributed by atoms with Crippen molar-refractivity contribution in [3.05, 3.63) is 27.8 Å². The van der Waals surface area contributed by atoms with Gasteiger partial charge in [-0.05, 0) is 13.3 Å². The van der Waals surface area contributed by atoms with E-state index in [0.717, 1.165) is 10.1 Å². The van der Waals surface area contributed by atoms with Gasteiger partial charge in [-0.3, -0.25) is 4.57 Å². The summed E-state index contributed by atoms with van der Waals surface area (Å²) >= 11 is 0. The summed E-state index contributed by atoms with van der Waals surface area (Å²) in [6, 6.07) is 2.04. The molecular formula is C15H20N4O5. The smallest absolute Gasteiger partial charge is 0.351 e. The maximum absolute atomic E-state index is 12.1. The van der Waals surface area contributed by atoms with Crippen molar-refractivity contribution < 1.29 is 20.1 Å². The van der Waals surface area contributed by atoms with E-state index in [-0.39, 0.29) is 5.82 Å². The van der Waals surface area contributed by atoms with E-state index < -0.39 is 36.8 Å². The molecule has 0 radical (unpaired) electrons. The fourth-order valence-electron chi connectivity index (χ4n) is 2.49. The van der Waals surface area contributed by atoms with Gasteiger partial charge in [0.25, 0.3) is 0 Å².